The van der Waals surface area contributed by atoms with Crippen LogP contribution in [0.2, 0.25) is 0 Å². The van der Waals surface area contributed by atoms with Crippen molar-refractivity contribution in [3.63, 3.8) is 0 Å². The van der Waals surface area contributed by atoms with Gasteiger partial charge in [-0.25, -0.2) is 4.79 Å². The van der Waals surface area contributed by atoms with Crippen LogP contribution in [0.25, 0.3) is 0 Å². The number of carbonyl (C=O) groups is 3. The maximum Gasteiger partial charge on any atom is 0.318 e. The van der Waals surface area contributed by atoms with E-state index >= 15 is 0 Å². The summed E-state index contributed by atoms with van der Waals surface area (Å²) in [7, 11) is 1.31. The molecule has 0 unspecified atom stereocenters. The molecule has 17 heavy (non-hydrogen) atoms. The van der Waals surface area contributed by atoms with Crippen LogP contribution in [-0.4, -0.2) is 36.0 Å². The third kappa shape index (κ3) is 6.83. The van der Waals surface area contributed by atoms with Gasteiger partial charge in [0.05, 0.1) is 18.8 Å². The van der Waals surface area contributed by atoms with Gasteiger partial charge in [0.1, 0.15) is 0 Å². The summed E-state index contributed by atoms with van der Waals surface area (Å²) in [6.45, 7) is 3.72. The second-order valence-corrected chi connectivity index (χ2v) is 4.96. The number of urea groups is 1. The molecule has 0 fully saturated rings. The molecule has 0 aliphatic rings. The van der Waals surface area contributed by atoms with Crippen LogP contribution in [0.1, 0.15) is 20.3 Å². The highest BCUT2D eigenvalue weighted by Crippen LogP contribution is 2.20. The summed E-state index contributed by atoms with van der Waals surface area (Å²) in [4.78, 5) is 33.1. The Bertz CT molecular complexity index is 294. The van der Waals surface area contributed by atoms with Crippen molar-refractivity contribution in [2.75, 3.05) is 12.9 Å². The van der Waals surface area contributed by atoms with Gasteiger partial charge in [0.2, 0.25) is 5.91 Å². The predicted molar refractivity (Wildman–Crippen MR) is 65.4 cm³/mol. The molecule has 0 aliphatic carbocycles. The van der Waals surface area contributed by atoms with Crippen LogP contribution in [0.5, 0.6) is 0 Å². The molecule has 0 aromatic rings. The van der Waals surface area contributed by atoms with Crippen LogP contribution in [0, 0.1) is 5.92 Å². The lowest BCUT2D eigenvalue weighted by atomic mass is 10.1. The minimum absolute atomic E-state index is 0.0389. The molecule has 0 aromatic heterocycles. The van der Waals surface area contributed by atoms with Crippen molar-refractivity contribution >= 4 is 29.7 Å². The van der Waals surface area contributed by atoms with E-state index in [4.69, 9.17) is 5.73 Å². The number of methoxy groups -OCH3 is 1. The van der Waals surface area contributed by atoms with Gasteiger partial charge >= 0.3 is 12.0 Å². The van der Waals surface area contributed by atoms with Crippen molar-refractivity contribution < 1.29 is 19.1 Å². The van der Waals surface area contributed by atoms with Crippen molar-refractivity contribution in [1.82, 2.24) is 5.32 Å². The number of esters is 1. The molecule has 3 amide bonds. The van der Waals surface area contributed by atoms with Crippen molar-refractivity contribution in [1.29, 1.82) is 0 Å². The average Bonchev–Trinajstić information content (AvgIpc) is 2.22. The van der Waals surface area contributed by atoms with Crippen LogP contribution in [0.3, 0.4) is 0 Å². The summed E-state index contributed by atoms with van der Waals surface area (Å²) in [6, 6.07) is -0.866. The van der Waals surface area contributed by atoms with E-state index < -0.39 is 17.2 Å². The highest BCUT2D eigenvalue weighted by molar-refractivity contribution is 8.00. The third-order valence-electron chi connectivity index (χ3n) is 1.94. The molecular weight excluding hydrogens is 244 g/mol. The highest BCUT2D eigenvalue weighted by Gasteiger charge is 2.23. The molecular formula is C10H18N2O4S. The maximum absolute atomic E-state index is 11.6. The number of hydrogen-bond donors (Lipinski definition) is 2. The Hall–Kier alpha value is -1.24. The van der Waals surface area contributed by atoms with E-state index in [-0.39, 0.29) is 18.3 Å². The fourth-order valence-electron chi connectivity index (χ4n) is 1.13. The summed E-state index contributed by atoms with van der Waals surface area (Å²) in [5, 5.41) is 1.63. The topological polar surface area (TPSA) is 98.5 Å². The first-order valence-electron chi connectivity index (χ1n) is 5.17. The minimum Gasteiger partial charge on any atom is -0.469 e. The normalized spacial score (nSPS) is 12.0. The quantitative estimate of drug-likeness (QED) is 0.679. The van der Waals surface area contributed by atoms with E-state index in [1.807, 2.05) is 19.2 Å². The van der Waals surface area contributed by atoms with Crippen LogP contribution in [-0.2, 0) is 14.3 Å². The first-order chi connectivity index (χ1) is 7.88. The monoisotopic (exact) mass is 262 g/mol. The van der Waals surface area contributed by atoms with E-state index in [9.17, 15) is 14.4 Å². The Morgan fingerprint density at radius 1 is 1.35 bits per heavy atom. The van der Waals surface area contributed by atoms with Gasteiger partial charge in [0.15, 0.2) is 0 Å². The zero-order chi connectivity index (χ0) is 13.4. The number of ether oxygens (including phenoxy) is 1. The van der Waals surface area contributed by atoms with Crippen LogP contribution in [0.15, 0.2) is 0 Å². The molecule has 0 aromatic carbocycles. The number of primary amides is 1. The molecule has 0 bridgehead atoms. The molecule has 0 radical (unpaired) electrons. The molecule has 0 heterocycles. The van der Waals surface area contributed by atoms with Gasteiger partial charge < -0.3 is 10.5 Å². The molecule has 0 spiro atoms. The Labute approximate surface area is 105 Å². The van der Waals surface area contributed by atoms with Crippen LogP contribution < -0.4 is 11.1 Å². The lowest BCUT2D eigenvalue weighted by Gasteiger charge is -2.18. The standard InChI is InChI=1S/C10H18N2O4S/c1-6(2)8(9(14)12-10(11)15)17-5-4-7(13)16-3/h6,8H,4-5H2,1-3H3,(H3,11,12,14,15)/t8-/m0/s1. The number of imide groups is 1. The average molecular weight is 262 g/mol. The predicted octanol–water partition coefficient (Wildman–Crippen LogP) is 0.502. The SMILES string of the molecule is COC(=O)CCS[C@H](C(=O)NC(N)=O)C(C)C. The number of rotatable bonds is 6. The maximum atomic E-state index is 11.6. The van der Waals surface area contributed by atoms with Crippen molar-refractivity contribution in [2.24, 2.45) is 11.7 Å². The number of nitrogens with one attached hydrogen (secondary N) is 1. The number of carbonyl (C=O) groups excluding carboxylic acids is 3. The number of thioether (sulfide) groups is 1. The molecule has 6 nitrogen and oxygen atoms in total. The van der Waals surface area contributed by atoms with Gasteiger partial charge in [-0.1, -0.05) is 13.8 Å². The fourth-order valence-corrected chi connectivity index (χ4v) is 2.27. The number of nitrogens with two attached hydrogens (primary N) is 1. The van der Waals surface area contributed by atoms with Crippen molar-refractivity contribution in [3.05, 3.63) is 0 Å². The zero-order valence-electron chi connectivity index (χ0n) is 10.2. The lowest BCUT2D eigenvalue weighted by Crippen LogP contribution is -2.42. The summed E-state index contributed by atoms with van der Waals surface area (Å²) in [6.07, 6.45) is 0.230. The van der Waals surface area contributed by atoms with Crippen molar-refractivity contribution in [3.8, 4) is 0 Å². The van der Waals surface area contributed by atoms with E-state index in [1.54, 1.807) is 0 Å². The number of hydrogen-bond acceptors (Lipinski definition) is 5. The Morgan fingerprint density at radius 2 is 1.94 bits per heavy atom. The van der Waals surface area contributed by atoms with Gasteiger partial charge in [0, 0.05) is 5.75 Å². The number of amides is 3. The molecule has 0 aliphatic heterocycles. The van der Waals surface area contributed by atoms with E-state index in [0.29, 0.717) is 5.75 Å². The van der Waals surface area contributed by atoms with Crippen molar-refractivity contribution in [2.45, 2.75) is 25.5 Å². The smallest absolute Gasteiger partial charge is 0.318 e. The summed E-state index contributed by atoms with van der Waals surface area (Å²) < 4.78 is 4.49. The Balaban J connectivity index is 4.20. The Morgan fingerprint density at radius 3 is 2.35 bits per heavy atom. The molecule has 0 saturated carbocycles. The lowest BCUT2D eigenvalue weighted by molar-refractivity contribution is -0.140. The highest BCUT2D eigenvalue weighted by atomic mass is 32.2. The van der Waals surface area contributed by atoms with E-state index in [2.05, 4.69) is 4.74 Å². The molecule has 0 saturated heterocycles. The van der Waals surface area contributed by atoms with Gasteiger partial charge in [-0.05, 0) is 5.92 Å². The van der Waals surface area contributed by atoms with Crippen LogP contribution >= 0.6 is 11.8 Å². The van der Waals surface area contributed by atoms with Gasteiger partial charge in [-0.2, -0.15) is 0 Å². The van der Waals surface area contributed by atoms with Gasteiger partial charge in [-0.15, -0.1) is 11.8 Å². The molecule has 3 N–H and O–H groups in total. The third-order valence-corrected chi connectivity index (χ3v) is 3.50. The fraction of sp³-hybridized carbons (Fsp3) is 0.700. The minimum atomic E-state index is -0.866. The summed E-state index contributed by atoms with van der Waals surface area (Å²) in [5.74, 6) is -0.253. The summed E-state index contributed by atoms with van der Waals surface area (Å²) >= 11 is 1.30. The largest absolute Gasteiger partial charge is 0.469 e. The van der Waals surface area contributed by atoms with E-state index in [0.717, 1.165) is 0 Å². The zero-order valence-corrected chi connectivity index (χ0v) is 11.0. The van der Waals surface area contributed by atoms with Gasteiger partial charge in [0.25, 0.3) is 0 Å². The molecule has 0 rings (SSSR count). The first-order valence-corrected chi connectivity index (χ1v) is 6.22. The summed E-state index contributed by atoms with van der Waals surface area (Å²) in [5.41, 5.74) is 4.88. The second-order valence-electron chi connectivity index (χ2n) is 3.72. The van der Waals surface area contributed by atoms with Gasteiger partial charge in [-0.3, -0.25) is 14.9 Å². The Kier molecular flexibility index (Phi) is 7.36. The molecule has 98 valence electrons. The second kappa shape index (κ2) is 7.94. The molecule has 1 atom stereocenters. The van der Waals surface area contributed by atoms with E-state index in [1.165, 1.54) is 18.9 Å². The van der Waals surface area contributed by atoms with Crippen LogP contribution in [0.4, 0.5) is 4.79 Å². The first kappa shape index (κ1) is 15.8. The molecule has 7 heteroatoms.